The summed E-state index contributed by atoms with van der Waals surface area (Å²) < 4.78 is 6.07. The molecule has 5 aromatic rings. The number of carbonyl (C=O) groups is 1. The molecule has 2 heterocycles. The minimum absolute atomic E-state index is 0.213. The molecule has 0 aliphatic rings. The summed E-state index contributed by atoms with van der Waals surface area (Å²) >= 11 is 0. The first-order valence-corrected chi connectivity index (χ1v) is 12.0. The van der Waals surface area contributed by atoms with Gasteiger partial charge in [0, 0.05) is 30.2 Å². The number of aromatic nitrogens is 3. The number of hydrogen-bond donors (Lipinski definition) is 2. The molecule has 0 saturated carbocycles. The van der Waals surface area contributed by atoms with E-state index in [4.69, 9.17) is 4.74 Å². The van der Waals surface area contributed by atoms with E-state index >= 15 is 0 Å². The molecule has 37 heavy (non-hydrogen) atoms. The summed E-state index contributed by atoms with van der Waals surface area (Å²) in [7, 11) is 0. The van der Waals surface area contributed by atoms with E-state index in [0.717, 1.165) is 34.9 Å². The second-order valence-corrected chi connectivity index (χ2v) is 8.18. The van der Waals surface area contributed by atoms with Crippen molar-refractivity contribution in [2.75, 3.05) is 10.6 Å². The fourth-order valence-electron chi connectivity index (χ4n) is 3.77. The molecule has 0 atom stereocenters. The normalized spacial score (nSPS) is 10.5. The van der Waals surface area contributed by atoms with Gasteiger partial charge in [-0.15, -0.1) is 0 Å². The lowest BCUT2D eigenvalue weighted by Gasteiger charge is -2.13. The van der Waals surface area contributed by atoms with Gasteiger partial charge < -0.3 is 15.4 Å². The summed E-state index contributed by atoms with van der Waals surface area (Å²) in [6, 6.07) is 29.9. The minimum Gasteiger partial charge on any atom is -0.438 e. The maximum atomic E-state index is 13.1. The molecular formula is C30H25N5O2. The molecule has 0 radical (unpaired) electrons. The maximum Gasteiger partial charge on any atom is 0.257 e. The third-order valence-electron chi connectivity index (χ3n) is 5.62. The summed E-state index contributed by atoms with van der Waals surface area (Å²) in [5, 5.41) is 6.26. The van der Waals surface area contributed by atoms with Crippen LogP contribution in [0.4, 0.5) is 17.1 Å². The molecule has 0 spiro atoms. The minimum atomic E-state index is -0.213. The first kappa shape index (κ1) is 23.7. The number of ether oxygens (including phenoxy) is 1. The Hall–Kier alpha value is -5.04. The third-order valence-corrected chi connectivity index (χ3v) is 5.62. The molecule has 0 saturated heterocycles. The Balaban J connectivity index is 1.30. The summed E-state index contributed by atoms with van der Waals surface area (Å²) in [5.74, 6) is 1.58. The molecule has 2 N–H and O–H groups in total. The van der Waals surface area contributed by atoms with Crippen molar-refractivity contribution in [1.29, 1.82) is 0 Å². The van der Waals surface area contributed by atoms with Gasteiger partial charge in [-0.1, -0.05) is 37.3 Å². The van der Waals surface area contributed by atoms with E-state index < -0.39 is 0 Å². The van der Waals surface area contributed by atoms with Gasteiger partial charge in [-0.05, 0) is 66.7 Å². The summed E-state index contributed by atoms with van der Waals surface area (Å²) in [6.45, 7) is 2.01. The van der Waals surface area contributed by atoms with E-state index in [2.05, 4.69) is 25.6 Å². The first-order chi connectivity index (χ1) is 18.2. The van der Waals surface area contributed by atoms with Crippen LogP contribution in [-0.2, 0) is 6.42 Å². The zero-order valence-electron chi connectivity index (χ0n) is 20.3. The monoisotopic (exact) mass is 487 g/mol. The van der Waals surface area contributed by atoms with Gasteiger partial charge in [-0.25, -0.2) is 15.0 Å². The molecule has 7 nitrogen and oxygen atoms in total. The Labute approximate surface area is 215 Å². The van der Waals surface area contributed by atoms with Crippen molar-refractivity contribution >= 4 is 23.0 Å². The lowest BCUT2D eigenvalue weighted by atomic mass is 10.1. The van der Waals surface area contributed by atoms with Crippen LogP contribution in [0.2, 0.25) is 0 Å². The topological polar surface area (TPSA) is 89.0 Å². The number of para-hydroxylation sites is 2. The van der Waals surface area contributed by atoms with Crippen molar-refractivity contribution in [2.45, 2.75) is 13.3 Å². The van der Waals surface area contributed by atoms with E-state index in [0.29, 0.717) is 22.9 Å². The van der Waals surface area contributed by atoms with E-state index in [1.165, 1.54) is 0 Å². The second kappa shape index (κ2) is 11.1. The molecule has 7 heteroatoms. The molecule has 182 valence electrons. The maximum absolute atomic E-state index is 13.1. The lowest BCUT2D eigenvalue weighted by molar-refractivity contribution is 0.102. The zero-order chi connectivity index (χ0) is 25.5. The SMILES string of the molecule is CCc1nccc(-c2cccnc2Oc2ccc(NC(=O)c3ccccc3Nc3ccccc3)cc2)n1. The summed E-state index contributed by atoms with van der Waals surface area (Å²) in [5.41, 5.74) is 4.36. The van der Waals surface area contributed by atoms with Crippen molar-refractivity contribution in [1.82, 2.24) is 15.0 Å². The Kier molecular flexibility index (Phi) is 7.13. The Morgan fingerprint density at radius 2 is 1.57 bits per heavy atom. The number of amides is 1. The van der Waals surface area contributed by atoms with Crippen molar-refractivity contribution in [3.8, 4) is 22.9 Å². The van der Waals surface area contributed by atoms with Gasteiger partial charge in [0.2, 0.25) is 5.88 Å². The highest BCUT2D eigenvalue weighted by Gasteiger charge is 2.13. The van der Waals surface area contributed by atoms with Crippen LogP contribution in [0.15, 0.2) is 109 Å². The fraction of sp³-hybridized carbons (Fsp3) is 0.0667. The van der Waals surface area contributed by atoms with Crippen LogP contribution in [0.25, 0.3) is 11.3 Å². The van der Waals surface area contributed by atoms with Crippen LogP contribution in [0.1, 0.15) is 23.1 Å². The Bertz CT molecular complexity index is 1500. The molecule has 0 bridgehead atoms. The van der Waals surface area contributed by atoms with Crippen LogP contribution in [-0.4, -0.2) is 20.9 Å². The fourth-order valence-corrected chi connectivity index (χ4v) is 3.77. The number of nitrogens with zero attached hydrogens (tertiary/aromatic N) is 3. The number of aryl methyl sites for hydroxylation is 1. The predicted molar refractivity (Wildman–Crippen MR) is 145 cm³/mol. The molecule has 5 rings (SSSR count). The number of rotatable bonds is 8. The third kappa shape index (κ3) is 5.79. The quantitative estimate of drug-likeness (QED) is 0.248. The van der Waals surface area contributed by atoms with Gasteiger partial charge in [0.1, 0.15) is 11.6 Å². The van der Waals surface area contributed by atoms with Gasteiger partial charge in [0.25, 0.3) is 5.91 Å². The smallest absolute Gasteiger partial charge is 0.257 e. The highest BCUT2D eigenvalue weighted by Crippen LogP contribution is 2.31. The first-order valence-electron chi connectivity index (χ1n) is 12.0. The average Bonchev–Trinajstić information content (AvgIpc) is 2.95. The van der Waals surface area contributed by atoms with E-state index in [9.17, 15) is 4.79 Å². The molecule has 0 aliphatic carbocycles. The van der Waals surface area contributed by atoms with Crippen molar-refractivity contribution < 1.29 is 9.53 Å². The van der Waals surface area contributed by atoms with Crippen molar-refractivity contribution in [3.63, 3.8) is 0 Å². The van der Waals surface area contributed by atoms with Crippen LogP contribution in [0.5, 0.6) is 11.6 Å². The highest BCUT2D eigenvalue weighted by molar-refractivity contribution is 6.08. The molecule has 0 aliphatic heterocycles. The summed E-state index contributed by atoms with van der Waals surface area (Å²) in [4.78, 5) is 26.3. The number of carbonyl (C=O) groups excluding carboxylic acids is 1. The molecule has 0 unspecified atom stereocenters. The number of nitrogens with one attached hydrogen (secondary N) is 2. The highest BCUT2D eigenvalue weighted by atomic mass is 16.5. The largest absolute Gasteiger partial charge is 0.438 e. The number of anilines is 3. The van der Waals surface area contributed by atoms with Gasteiger partial charge in [-0.3, -0.25) is 4.79 Å². The van der Waals surface area contributed by atoms with E-state index in [1.54, 1.807) is 42.7 Å². The number of benzene rings is 3. The van der Waals surface area contributed by atoms with E-state index in [1.807, 2.05) is 73.7 Å². The standard InChI is InChI=1S/C30H25N5O2/c1-2-28-31-20-18-27(35-28)25-12-8-19-32-30(25)37-23-16-14-22(15-17-23)34-29(36)24-11-6-7-13-26(24)33-21-9-4-3-5-10-21/h3-20,33H,2H2,1H3,(H,34,36). The van der Waals surface area contributed by atoms with Gasteiger partial charge in [0.05, 0.1) is 22.5 Å². The molecule has 3 aromatic carbocycles. The molecule has 2 aromatic heterocycles. The number of hydrogen-bond acceptors (Lipinski definition) is 6. The van der Waals surface area contributed by atoms with Gasteiger partial charge >= 0.3 is 0 Å². The predicted octanol–water partition coefficient (Wildman–Crippen LogP) is 6.89. The van der Waals surface area contributed by atoms with Crippen LogP contribution in [0, 0.1) is 0 Å². The molecule has 1 amide bonds. The summed E-state index contributed by atoms with van der Waals surface area (Å²) in [6.07, 6.45) is 4.16. The van der Waals surface area contributed by atoms with Gasteiger partial charge in [-0.2, -0.15) is 0 Å². The zero-order valence-corrected chi connectivity index (χ0v) is 20.3. The molecule has 0 fully saturated rings. The Morgan fingerprint density at radius 3 is 2.38 bits per heavy atom. The van der Waals surface area contributed by atoms with Gasteiger partial charge in [0.15, 0.2) is 0 Å². The Morgan fingerprint density at radius 1 is 0.784 bits per heavy atom. The number of pyridine rings is 1. The molecular weight excluding hydrogens is 462 g/mol. The second-order valence-electron chi connectivity index (χ2n) is 8.18. The average molecular weight is 488 g/mol. The van der Waals surface area contributed by atoms with Crippen molar-refractivity contribution in [3.05, 3.63) is 121 Å². The van der Waals surface area contributed by atoms with Crippen LogP contribution >= 0.6 is 0 Å². The lowest BCUT2D eigenvalue weighted by Crippen LogP contribution is -2.13. The van der Waals surface area contributed by atoms with E-state index in [-0.39, 0.29) is 5.91 Å². The van der Waals surface area contributed by atoms with Crippen LogP contribution in [0.3, 0.4) is 0 Å². The van der Waals surface area contributed by atoms with Crippen molar-refractivity contribution in [2.24, 2.45) is 0 Å². The van der Waals surface area contributed by atoms with Crippen LogP contribution < -0.4 is 15.4 Å².